The van der Waals surface area contributed by atoms with Crippen molar-refractivity contribution in [3.63, 3.8) is 0 Å². The van der Waals surface area contributed by atoms with Crippen LogP contribution in [0.25, 0.3) is 0 Å². The average Bonchev–Trinajstić information content (AvgIpc) is 2.74. The summed E-state index contributed by atoms with van der Waals surface area (Å²) in [5.74, 6) is 0. The summed E-state index contributed by atoms with van der Waals surface area (Å²) in [6.07, 6.45) is 1.21. The SMILES string of the molecule is C=CC(C#N)OCC1CO1. The highest BCUT2D eigenvalue weighted by Gasteiger charge is 2.23. The first-order valence-electron chi connectivity index (χ1n) is 3.12. The van der Waals surface area contributed by atoms with Gasteiger partial charge in [-0.15, -0.1) is 0 Å². The highest BCUT2D eigenvalue weighted by Crippen LogP contribution is 2.09. The van der Waals surface area contributed by atoms with E-state index in [1.807, 2.05) is 6.07 Å². The maximum absolute atomic E-state index is 8.37. The molecule has 1 aliphatic heterocycles. The fraction of sp³-hybridized carbons (Fsp3) is 0.571. The highest BCUT2D eigenvalue weighted by atomic mass is 16.6. The summed E-state index contributed by atoms with van der Waals surface area (Å²) in [5.41, 5.74) is 0. The van der Waals surface area contributed by atoms with E-state index in [0.29, 0.717) is 6.61 Å². The van der Waals surface area contributed by atoms with Crippen LogP contribution in [0.5, 0.6) is 0 Å². The van der Waals surface area contributed by atoms with Gasteiger partial charge >= 0.3 is 0 Å². The van der Waals surface area contributed by atoms with E-state index in [-0.39, 0.29) is 6.10 Å². The number of hydrogen-bond donors (Lipinski definition) is 0. The summed E-state index contributed by atoms with van der Waals surface area (Å²) < 4.78 is 9.94. The molecule has 1 saturated heterocycles. The Bertz CT molecular complexity index is 157. The Morgan fingerprint density at radius 1 is 2.00 bits per heavy atom. The Balaban J connectivity index is 2.09. The molecule has 0 aromatic heterocycles. The van der Waals surface area contributed by atoms with Gasteiger partial charge in [-0.05, 0) is 6.08 Å². The van der Waals surface area contributed by atoms with Gasteiger partial charge < -0.3 is 9.47 Å². The van der Waals surface area contributed by atoms with Crippen molar-refractivity contribution in [1.29, 1.82) is 5.26 Å². The minimum absolute atomic E-state index is 0.218. The van der Waals surface area contributed by atoms with Crippen molar-refractivity contribution in [2.24, 2.45) is 0 Å². The van der Waals surface area contributed by atoms with E-state index in [1.54, 1.807) is 0 Å². The molecule has 1 heterocycles. The molecule has 3 nitrogen and oxygen atoms in total. The Labute approximate surface area is 59.9 Å². The van der Waals surface area contributed by atoms with Gasteiger partial charge in [0.05, 0.1) is 19.3 Å². The quantitative estimate of drug-likeness (QED) is 0.420. The molecule has 0 spiro atoms. The molecule has 0 aromatic carbocycles. The predicted octanol–water partition coefficient (Wildman–Crippen LogP) is 0.480. The maximum atomic E-state index is 8.37. The average molecular weight is 139 g/mol. The van der Waals surface area contributed by atoms with E-state index in [9.17, 15) is 0 Å². The maximum Gasteiger partial charge on any atom is 0.162 e. The van der Waals surface area contributed by atoms with Crippen molar-refractivity contribution in [3.05, 3.63) is 12.7 Å². The lowest BCUT2D eigenvalue weighted by Gasteiger charge is -2.01. The Morgan fingerprint density at radius 3 is 3.10 bits per heavy atom. The van der Waals surface area contributed by atoms with E-state index >= 15 is 0 Å². The van der Waals surface area contributed by atoms with Crippen LogP contribution in [0.3, 0.4) is 0 Å². The van der Waals surface area contributed by atoms with E-state index < -0.39 is 6.10 Å². The summed E-state index contributed by atoms with van der Waals surface area (Å²) in [5, 5.41) is 8.37. The number of nitriles is 1. The number of nitrogens with zero attached hydrogens (tertiary/aromatic N) is 1. The predicted molar refractivity (Wildman–Crippen MR) is 35.3 cm³/mol. The third kappa shape index (κ3) is 2.18. The van der Waals surface area contributed by atoms with E-state index in [0.717, 1.165) is 6.61 Å². The monoisotopic (exact) mass is 139 g/mol. The van der Waals surface area contributed by atoms with Gasteiger partial charge in [0.1, 0.15) is 6.10 Å². The van der Waals surface area contributed by atoms with Gasteiger partial charge in [-0.3, -0.25) is 0 Å². The van der Waals surface area contributed by atoms with Crippen LogP contribution in [0.1, 0.15) is 0 Å². The minimum Gasteiger partial charge on any atom is -0.371 e. The van der Waals surface area contributed by atoms with Crippen molar-refractivity contribution >= 4 is 0 Å². The molecule has 3 heteroatoms. The zero-order chi connectivity index (χ0) is 7.40. The highest BCUT2D eigenvalue weighted by molar-refractivity contribution is 4.97. The van der Waals surface area contributed by atoms with Gasteiger partial charge in [-0.1, -0.05) is 6.58 Å². The third-order valence-corrected chi connectivity index (χ3v) is 1.21. The first-order valence-corrected chi connectivity index (χ1v) is 3.12. The molecule has 1 rings (SSSR count). The summed E-state index contributed by atoms with van der Waals surface area (Å²) >= 11 is 0. The summed E-state index contributed by atoms with van der Waals surface area (Å²) in [6, 6.07) is 1.94. The molecule has 1 fully saturated rings. The molecule has 10 heavy (non-hydrogen) atoms. The van der Waals surface area contributed by atoms with Crippen LogP contribution in [0.2, 0.25) is 0 Å². The van der Waals surface area contributed by atoms with Gasteiger partial charge in [-0.2, -0.15) is 5.26 Å². The lowest BCUT2D eigenvalue weighted by Crippen LogP contribution is -2.10. The summed E-state index contributed by atoms with van der Waals surface area (Å²) in [6.45, 7) is 4.71. The van der Waals surface area contributed by atoms with Gasteiger partial charge in [0, 0.05) is 0 Å². The molecule has 2 atom stereocenters. The van der Waals surface area contributed by atoms with Crippen LogP contribution in [0.15, 0.2) is 12.7 Å². The van der Waals surface area contributed by atoms with Crippen molar-refractivity contribution in [2.45, 2.75) is 12.2 Å². The fourth-order valence-electron chi connectivity index (χ4n) is 0.533. The lowest BCUT2D eigenvalue weighted by molar-refractivity contribution is 0.103. The zero-order valence-electron chi connectivity index (χ0n) is 5.62. The smallest absolute Gasteiger partial charge is 0.162 e. The number of epoxide rings is 1. The van der Waals surface area contributed by atoms with Crippen LogP contribution < -0.4 is 0 Å². The molecular weight excluding hydrogens is 130 g/mol. The van der Waals surface area contributed by atoms with Crippen LogP contribution in [0, 0.1) is 11.3 Å². The molecule has 0 radical (unpaired) electrons. The largest absolute Gasteiger partial charge is 0.371 e. The van der Waals surface area contributed by atoms with E-state index in [1.165, 1.54) is 6.08 Å². The molecule has 54 valence electrons. The molecule has 0 aliphatic carbocycles. The lowest BCUT2D eigenvalue weighted by atomic mass is 10.4. The Hall–Kier alpha value is -0.850. The molecule has 1 aliphatic rings. The first-order chi connectivity index (χ1) is 4.86. The zero-order valence-corrected chi connectivity index (χ0v) is 5.62. The Kier molecular flexibility index (Phi) is 2.43. The third-order valence-electron chi connectivity index (χ3n) is 1.21. The van der Waals surface area contributed by atoms with Gasteiger partial charge in [0.25, 0.3) is 0 Å². The molecule has 0 aromatic rings. The molecule has 0 bridgehead atoms. The van der Waals surface area contributed by atoms with Crippen LogP contribution in [-0.4, -0.2) is 25.4 Å². The number of rotatable bonds is 4. The molecule has 0 saturated carbocycles. The van der Waals surface area contributed by atoms with E-state index in [4.69, 9.17) is 14.7 Å². The second-order valence-corrected chi connectivity index (χ2v) is 2.07. The van der Waals surface area contributed by atoms with Crippen molar-refractivity contribution in [3.8, 4) is 6.07 Å². The van der Waals surface area contributed by atoms with Crippen LogP contribution in [0.4, 0.5) is 0 Å². The van der Waals surface area contributed by atoms with Gasteiger partial charge in [0.2, 0.25) is 0 Å². The van der Waals surface area contributed by atoms with Gasteiger partial charge in [-0.25, -0.2) is 0 Å². The normalized spacial score (nSPS) is 24.9. The topological polar surface area (TPSA) is 45.5 Å². The first kappa shape index (κ1) is 7.26. The van der Waals surface area contributed by atoms with E-state index in [2.05, 4.69) is 6.58 Å². The summed E-state index contributed by atoms with van der Waals surface area (Å²) in [7, 11) is 0. The number of ether oxygens (including phenoxy) is 2. The second kappa shape index (κ2) is 3.35. The number of hydrogen-bond acceptors (Lipinski definition) is 3. The molecule has 0 amide bonds. The Morgan fingerprint density at radius 2 is 2.70 bits per heavy atom. The molecule has 0 N–H and O–H groups in total. The fourth-order valence-corrected chi connectivity index (χ4v) is 0.533. The van der Waals surface area contributed by atoms with Crippen molar-refractivity contribution in [2.75, 3.05) is 13.2 Å². The van der Waals surface area contributed by atoms with Gasteiger partial charge in [0.15, 0.2) is 6.10 Å². The van der Waals surface area contributed by atoms with Crippen LogP contribution in [-0.2, 0) is 9.47 Å². The molecule has 2 unspecified atom stereocenters. The van der Waals surface area contributed by atoms with Crippen molar-refractivity contribution < 1.29 is 9.47 Å². The van der Waals surface area contributed by atoms with Crippen molar-refractivity contribution in [1.82, 2.24) is 0 Å². The minimum atomic E-state index is -0.482. The standard InChI is InChI=1S/C7H9NO2/c1-2-6(3-8)9-4-7-5-10-7/h2,6-7H,1,4-5H2. The molecular formula is C7H9NO2. The van der Waals surface area contributed by atoms with Crippen LogP contribution >= 0.6 is 0 Å². The second-order valence-electron chi connectivity index (χ2n) is 2.07. The summed E-state index contributed by atoms with van der Waals surface area (Å²) in [4.78, 5) is 0.